The van der Waals surface area contributed by atoms with Crippen LogP contribution in [0.5, 0.6) is 11.5 Å². The van der Waals surface area contributed by atoms with E-state index in [1.807, 2.05) is 0 Å². The van der Waals surface area contributed by atoms with Crippen molar-refractivity contribution in [3.8, 4) is 11.5 Å². The zero-order chi connectivity index (χ0) is 23.8. The molecular formula is C23H21ClN2O7. The molecular weight excluding hydrogens is 452 g/mol. The standard InChI is InChI=1S/C23H21ClN2O7/c1-30-19-10-16(23(29)33-13-21(27)25-12-14-6-5-9-32-14)18(11-20(19)31-2)26-22(28)15-7-3-4-8-17(15)24/h3-11H,12-13H2,1-2H3,(H,25,27)(H,26,28). The lowest BCUT2D eigenvalue weighted by Gasteiger charge is -2.15. The van der Waals surface area contributed by atoms with E-state index in [1.165, 1.54) is 32.6 Å². The largest absolute Gasteiger partial charge is 0.493 e. The van der Waals surface area contributed by atoms with Gasteiger partial charge in [0.25, 0.3) is 11.8 Å². The van der Waals surface area contributed by atoms with Crippen LogP contribution < -0.4 is 20.1 Å². The topological polar surface area (TPSA) is 116 Å². The van der Waals surface area contributed by atoms with Gasteiger partial charge in [0.05, 0.1) is 48.9 Å². The highest BCUT2D eigenvalue weighted by Crippen LogP contribution is 2.34. The molecule has 0 bridgehead atoms. The number of carbonyl (C=O) groups excluding carboxylic acids is 3. The lowest BCUT2D eigenvalue weighted by Crippen LogP contribution is -2.28. The summed E-state index contributed by atoms with van der Waals surface area (Å²) in [6.45, 7) is -0.384. The number of halogens is 1. The maximum atomic E-state index is 12.8. The molecule has 10 heteroatoms. The van der Waals surface area contributed by atoms with E-state index in [4.69, 9.17) is 30.2 Å². The average Bonchev–Trinajstić information content (AvgIpc) is 3.34. The fourth-order valence-corrected chi connectivity index (χ4v) is 3.07. The van der Waals surface area contributed by atoms with E-state index < -0.39 is 24.4 Å². The number of methoxy groups -OCH3 is 2. The molecule has 0 aliphatic carbocycles. The van der Waals surface area contributed by atoms with Crippen LogP contribution in [0.25, 0.3) is 0 Å². The third-order valence-electron chi connectivity index (χ3n) is 4.48. The Morgan fingerprint density at radius 1 is 0.970 bits per heavy atom. The van der Waals surface area contributed by atoms with Crippen LogP contribution >= 0.6 is 11.6 Å². The molecule has 0 fully saturated rings. The van der Waals surface area contributed by atoms with Gasteiger partial charge in [-0.25, -0.2) is 4.79 Å². The van der Waals surface area contributed by atoms with Crippen molar-refractivity contribution in [1.82, 2.24) is 5.32 Å². The summed E-state index contributed by atoms with van der Waals surface area (Å²) in [5, 5.41) is 5.44. The number of benzene rings is 2. The molecule has 9 nitrogen and oxygen atoms in total. The van der Waals surface area contributed by atoms with Crippen molar-refractivity contribution in [3.63, 3.8) is 0 Å². The predicted octanol–water partition coefficient (Wildman–Crippen LogP) is 3.68. The summed E-state index contributed by atoms with van der Waals surface area (Å²) in [6.07, 6.45) is 1.48. The van der Waals surface area contributed by atoms with E-state index in [1.54, 1.807) is 36.4 Å². The van der Waals surface area contributed by atoms with Gasteiger partial charge < -0.3 is 29.3 Å². The van der Waals surface area contributed by atoms with Crippen molar-refractivity contribution in [3.05, 3.63) is 76.7 Å². The van der Waals surface area contributed by atoms with Crippen molar-refractivity contribution in [2.24, 2.45) is 0 Å². The van der Waals surface area contributed by atoms with Crippen LogP contribution in [0.1, 0.15) is 26.5 Å². The Bertz CT molecular complexity index is 1150. The zero-order valence-electron chi connectivity index (χ0n) is 17.8. The minimum Gasteiger partial charge on any atom is -0.493 e. The number of nitrogens with one attached hydrogen (secondary N) is 2. The zero-order valence-corrected chi connectivity index (χ0v) is 18.6. The van der Waals surface area contributed by atoms with Gasteiger partial charge in [0.2, 0.25) is 0 Å². The van der Waals surface area contributed by atoms with Crippen molar-refractivity contribution >= 4 is 35.1 Å². The minimum atomic E-state index is -0.849. The van der Waals surface area contributed by atoms with Gasteiger partial charge in [-0.05, 0) is 24.3 Å². The molecule has 0 saturated heterocycles. The number of ether oxygens (including phenoxy) is 3. The van der Waals surface area contributed by atoms with Gasteiger partial charge in [0.1, 0.15) is 5.76 Å². The van der Waals surface area contributed by atoms with E-state index in [0.717, 1.165) is 0 Å². The van der Waals surface area contributed by atoms with Crippen LogP contribution in [0.2, 0.25) is 5.02 Å². The second-order valence-electron chi connectivity index (χ2n) is 6.62. The molecule has 0 saturated carbocycles. The molecule has 2 N–H and O–H groups in total. The van der Waals surface area contributed by atoms with Gasteiger partial charge in [-0.3, -0.25) is 9.59 Å². The number of amides is 2. The molecule has 33 heavy (non-hydrogen) atoms. The molecule has 0 radical (unpaired) electrons. The lowest BCUT2D eigenvalue weighted by molar-refractivity contribution is -0.124. The smallest absolute Gasteiger partial charge is 0.340 e. The van der Waals surface area contributed by atoms with Crippen molar-refractivity contribution in [2.45, 2.75) is 6.54 Å². The van der Waals surface area contributed by atoms with Crippen molar-refractivity contribution in [1.29, 1.82) is 0 Å². The quantitative estimate of drug-likeness (QED) is 0.456. The number of furan rings is 1. The van der Waals surface area contributed by atoms with Gasteiger partial charge in [-0.1, -0.05) is 23.7 Å². The number of carbonyl (C=O) groups is 3. The Kier molecular flexibility index (Phi) is 7.93. The SMILES string of the molecule is COc1cc(NC(=O)c2ccccc2Cl)c(C(=O)OCC(=O)NCc2ccco2)cc1OC. The summed E-state index contributed by atoms with van der Waals surface area (Å²) in [6, 6.07) is 12.6. The molecule has 0 spiro atoms. The summed E-state index contributed by atoms with van der Waals surface area (Å²) in [4.78, 5) is 37.5. The summed E-state index contributed by atoms with van der Waals surface area (Å²) in [5.74, 6) is -0.847. The molecule has 0 unspecified atom stereocenters. The van der Waals surface area contributed by atoms with Crippen LogP contribution in [0.15, 0.2) is 59.2 Å². The highest BCUT2D eigenvalue weighted by Gasteiger charge is 2.21. The molecule has 2 aromatic carbocycles. The first-order valence-electron chi connectivity index (χ1n) is 9.71. The maximum Gasteiger partial charge on any atom is 0.340 e. The molecule has 0 aliphatic heterocycles. The van der Waals surface area contributed by atoms with Crippen molar-refractivity contribution < 1.29 is 33.0 Å². The van der Waals surface area contributed by atoms with E-state index in [-0.39, 0.29) is 39.9 Å². The first-order chi connectivity index (χ1) is 15.9. The van der Waals surface area contributed by atoms with Gasteiger partial charge >= 0.3 is 5.97 Å². The van der Waals surface area contributed by atoms with Crippen LogP contribution in [0.3, 0.4) is 0 Å². The molecule has 1 heterocycles. The number of esters is 1. The van der Waals surface area contributed by atoms with Crippen LogP contribution in [-0.4, -0.2) is 38.6 Å². The highest BCUT2D eigenvalue weighted by atomic mass is 35.5. The summed E-state index contributed by atoms with van der Waals surface area (Å²) >= 11 is 6.10. The molecule has 172 valence electrons. The summed E-state index contributed by atoms with van der Waals surface area (Å²) in [7, 11) is 2.82. The second kappa shape index (κ2) is 11.1. The molecule has 0 atom stereocenters. The molecule has 0 aliphatic rings. The Labute approximate surface area is 194 Å². The molecule has 3 rings (SSSR count). The van der Waals surface area contributed by atoms with Gasteiger partial charge in [-0.15, -0.1) is 0 Å². The van der Waals surface area contributed by atoms with Crippen LogP contribution in [-0.2, 0) is 16.1 Å². The normalized spacial score (nSPS) is 10.3. The molecule has 1 aromatic heterocycles. The summed E-state index contributed by atoms with van der Waals surface area (Å²) < 4.78 is 20.8. The number of hydrogen-bond donors (Lipinski definition) is 2. The van der Waals surface area contributed by atoms with E-state index in [0.29, 0.717) is 5.76 Å². The third kappa shape index (κ3) is 6.05. The number of hydrogen-bond acceptors (Lipinski definition) is 7. The summed E-state index contributed by atoms with van der Waals surface area (Å²) in [5.41, 5.74) is 0.274. The Morgan fingerprint density at radius 3 is 2.36 bits per heavy atom. The predicted molar refractivity (Wildman–Crippen MR) is 120 cm³/mol. The van der Waals surface area contributed by atoms with Gasteiger partial charge in [0.15, 0.2) is 18.1 Å². The van der Waals surface area contributed by atoms with E-state index >= 15 is 0 Å². The minimum absolute atomic E-state index is 0.0353. The van der Waals surface area contributed by atoms with Crippen molar-refractivity contribution in [2.75, 3.05) is 26.1 Å². The number of rotatable bonds is 9. The molecule has 2 amide bonds. The average molecular weight is 473 g/mol. The maximum absolute atomic E-state index is 12.8. The number of anilines is 1. The van der Waals surface area contributed by atoms with Crippen LogP contribution in [0.4, 0.5) is 5.69 Å². The fourth-order valence-electron chi connectivity index (χ4n) is 2.85. The van der Waals surface area contributed by atoms with Gasteiger partial charge in [-0.2, -0.15) is 0 Å². The Balaban J connectivity index is 1.77. The monoisotopic (exact) mass is 472 g/mol. The highest BCUT2D eigenvalue weighted by molar-refractivity contribution is 6.34. The first-order valence-corrected chi connectivity index (χ1v) is 10.1. The van der Waals surface area contributed by atoms with E-state index in [2.05, 4.69) is 10.6 Å². The second-order valence-corrected chi connectivity index (χ2v) is 7.03. The Morgan fingerprint density at radius 2 is 1.70 bits per heavy atom. The lowest BCUT2D eigenvalue weighted by atomic mass is 10.1. The third-order valence-corrected chi connectivity index (χ3v) is 4.81. The van der Waals surface area contributed by atoms with E-state index in [9.17, 15) is 14.4 Å². The van der Waals surface area contributed by atoms with Gasteiger partial charge in [0, 0.05) is 12.1 Å². The fraction of sp³-hybridized carbons (Fsp3) is 0.174. The first kappa shape index (κ1) is 23.7. The molecule has 3 aromatic rings. The van der Waals surface area contributed by atoms with Crippen LogP contribution in [0, 0.1) is 0 Å². The Hall–Kier alpha value is -3.98.